The van der Waals surface area contributed by atoms with Gasteiger partial charge in [-0.05, 0) is 36.8 Å². The SMILES string of the molecule is Cc1nn(Cc2ccccc2Cl)c(Cl)c1C(=O)Nc1cccc(OCc2cccnc2)c1. The van der Waals surface area contributed by atoms with Gasteiger partial charge in [0, 0.05) is 34.7 Å². The Morgan fingerprint density at radius 1 is 1.09 bits per heavy atom. The van der Waals surface area contributed by atoms with E-state index in [1.807, 2.05) is 42.5 Å². The summed E-state index contributed by atoms with van der Waals surface area (Å²) in [6, 6.07) is 18.4. The number of ether oxygens (including phenoxy) is 1. The van der Waals surface area contributed by atoms with Gasteiger partial charge in [-0.15, -0.1) is 0 Å². The molecule has 8 heteroatoms. The summed E-state index contributed by atoms with van der Waals surface area (Å²) in [5, 5.41) is 8.17. The van der Waals surface area contributed by atoms with Crippen LogP contribution in [0.15, 0.2) is 73.1 Å². The van der Waals surface area contributed by atoms with Gasteiger partial charge in [0.25, 0.3) is 5.91 Å². The minimum atomic E-state index is -0.345. The van der Waals surface area contributed by atoms with E-state index in [4.69, 9.17) is 27.9 Å². The standard InChI is InChI=1S/C24H20Cl2N4O2/c1-16-22(23(26)30(29-16)14-18-7-2-3-10-21(18)25)24(31)28-19-8-4-9-20(12-19)32-15-17-6-5-11-27-13-17/h2-13H,14-15H2,1H3,(H,28,31). The molecule has 0 aliphatic heterocycles. The van der Waals surface area contributed by atoms with Crippen molar-refractivity contribution in [1.82, 2.24) is 14.8 Å². The lowest BCUT2D eigenvalue weighted by Gasteiger charge is -2.09. The van der Waals surface area contributed by atoms with Crippen LogP contribution in [0.25, 0.3) is 0 Å². The lowest BCUT2D eigenvalue weighted by molar-refractivity contribution is 0.102. The van der Waals surface area contributed by atoms with Crippen molar-refractivity contribution in [3.05, 3.63) is 106 Å². The second kappa shape index (κ2) is 9.85. The van der Waals surface area contributed by atoms with Gasteiger partial charge in [-0.3, -0.25) is 9.78 Å². The maximum Gasteiger partial charge on any atom is 0.260 e. The van der Waals surface area contributed by atoms with Gasteiger partial charge in [-0.1, -0.05) is 53.5 Å². The van der Waals surface area contributed by atoms with E-state index in [9.17, 15) is 4.79 Å². The molecule has 162 valence electrons. The second-order valence-electron chi connectivity index (χ2n) is 7.13. The van der Waals surface area contributed by atoms with Crippen LogP contribution in [-0.4, -0.2) is 20.7 Å². The normalized spacial score (nSPS) is 10.7. The topological polar surface area (TPSA) is 69.0 Å². The minimum Gasteiger partial charge on any atom is -0.489 e. The summed E-state index contributed by atoms with van der Waals surface area (Å²) in [6.07, 6.45) is 3.46. The molecular formula is C24H20Cl2N4O2. The number of carbonyl (C=O) groups is 1. The number of halogens is 2. The molecule has 2 aromatic heterocycles. The number of carbonyl (C=O) groups excluding carboxylic acids is 1. The summed E-state index contributed by atoms with van der Waals surface area (Å²) in [5.74, 6) is 0.284. The fourth-order valence-electron chi connectivity index (χ4n) is 3.21. The Balaban J connectivity index is 1.47. The van der Waals surface area contributed by atoms with Crippen LogP contribution < -0.4 is 10.1 Å². The summed E-state index contributed by atoms with van der Waals surface area (Å²) >= 11 is 12.8. The molecular weight excluding hydrogens is 447 g/mol. The quantitative estimate of drug-likeness (QED) is 0.375. The number of benzene rings is 2. The zero-order valence-corrected chi connectivity index (χ0v) is 18.8. The molecule has 4 aromatic rings. The third kappa shape index (κ3) is 5.10. The number of aromatic nitrogens is 3. The third-order valence-corrected chi connectivity index (χ3v) is 5.54. The van der Waals surface area contributed by atoms with Gasteiger partial charge < -0.3 is 10.1 Å². The summed E-state index contributed by atoms with van der Waals surface area (Å²) in [7, 11) is 0. The largest absolute Gasteiger partial charge is 0.489 e. The van der Waals surface area contributed by atoms with Gasteiger partial charge in [-0.2, -0.15) is 5.10 Å². The van der Waals surface area contributed by atoms with Crippen LogP contribution in [0, 0.1) is 6.92 Å². The highest BCUT2D eigenvalue weighted by Gasteiger charge is 2.21. The average Bonchev–Trinajstić information content (AvgIpc) is 3.07. The molecule has 1 amide bonds. The molecule has 0 aliphatic rings. The highest BCUT2D eigenvalue weighted by atomic mass is 35.5. The first-order valence-corrected chi connectivity index (χ1v) is 10.7. The van der Waals surface area contributed by atoms with Crippen LogP contribution in [0.2, 0.25) is 10.2 Å². The highest BCUT2D eigenvalue weighted by molar-refractivity contribution is 6.34. The molecule has 6 nitrogen and oxygen atoms in total. The van der Waals surface area contributed by atoms with E-state index in [2.05, 4.69) is 15.4 Å². The Kier molecular flexibility index (Phi) is 6.73. The number of pyridine rings is 1. The van der Waals surface area contributed by atoms with Crippen molar-refractivity contribution in [1.29, 1.82) is 0 Å². The van der Waals surface area contributed by atoms with E-state index < -0.39 is 0 Å². The van der Waals surface area contributed by atoms with Crippen molar-refractivity contribution in [3.63, 3.8) is 0 Å². The van der Waals surface area contributed by atoms with Gasteiger partial charge in [-0.25, -0.2) is 4.68 Å². The fourth-order valence-corrected chi connectivity index (χ4v) is 3.73. The van der Waals surface area contributed by atoms with Gasteiger partial charge in [0.1, 0.15) is 17.5 Å². The molecule has 0 unspecified atom stereocenters. The number of anilines is 1. The molecule has 0 spiro atoms. The minimum absolute atomic E-state index is 0.254. The van der Waals surface area contributed by atoms with Crippen molar-refractivity contribution in [2.75, 3.05) is 5.32 Å². The van der Waals surface area contributed by atoms with E-state index in [0.717, 1.165) is 11.1 Å². The molecule has 32 heavy (non-hydrogen) atoms. The van der Waals surface area contributed by atoms with Crippen LogP contribution >= 0.6 is 23.2 Å². The summed E-state index contributed by atoms with van der Waals surface area (Å²) in [4.78, 5) is 17.0. The molecule has 0 atom stereocenters. The maximum atomic E-state index is 13.0. The third-order valence-electron chi connectivity index (χ3n) is 4.79. The van der Waals surface area contributed by atoms with Crippen molar-refractivity contribution in [2.45, 2.75) is 20.1 Å². The van der Waals surface area contributed by atoms with E-state index in [0.29, 0.717) is 40.9 Å². The van der Waals surface area contributed by atoms with Crippen LogP contribution in [-0.2, 0) is 13.2 Å². The van der Waals surface area contributed by atoms with Crippen LogP contribution in [0.1, 0.15) is 27.2 Å². The molecule has 0 saturated carbocycles. The van der Waals surface area contributed by atoms with Crippen LogP contribution in [0.3, 0.4) is 0 Å². The number of hydrogen-bond donors (Lipinski definition) is 1. The highest BCUT2D eigenvalue weighted by Crippen LogP contribution is 2.25. The molecule has 2 aromatic carbocycles. The summed E-state index contributed by atoms with van der Waals surface area (Å²) in [6.45, 7) is 2.49. The van der Waals surface area contributed by atoms with Crippen molar-refractivity contribution in [2.24, 2.45) is 0 Å². The fraction of sp³-hybridized carbons (Fsp3) is 0.125. The first-order valence-electron chi connectivity index (χ1n) is 9.90. The van der Waals surface area contributed by atoms with Crippen molar-refractivity contribution < 1.29 is 9.53 Å². The summed E-state index contributed by atoms with van der Waals surface area (Å²) in [5.41, 5.74) is 3.26. The Hall–Kier alpha value is -3.35. The molecule has 0 fully saturated rings. The molecule has 2 heterocycles. The molecule has 1 N–H and O–H groups in total. The Labute approximate surface area is 195 Å². The number of amides is 1. The Morgan fingerprint density at radius 2 is 1.94 bits per heavy atom. The predicted octanol–water partition coefficient (Wildman–Crippen LogP) is 5.77. The zero-order valence-electron chi connectivity index (χ0n) is 17.3. The predicted molar refractivity (Wildman–Crippen MR) is 125 cm³/mol. The van der Waals surface area contributed by atoms with Gasteiger partial charge in [0.05, 0.1) is 17.8 Å². The van der Waals surface area contributed by atoms with Gasteiger partial charge >= 0.3 is 0 Å². The van der Waals surface area contributed by atoms with E-state index >= 15 is 0 Å². The molecule has 0 saturated heterocycles. The van der Waals surface area contributed by atoms with E-state index in [1.165, 1.54) is 0 Å². The number of nitrogens with zero attached hydrogens (tertiary/aromatic N) is 3. The van der Waals surface area contributed by atoms with Gasteiger partial charge in [0.2, 0.25) is 0 Å². The molecule has 0 aliphatic carbocycles. The Morgan fingerprint density at radius 3 is 2.72 bits per heavy atom. The van der Waals surface area contributed by atoms with E-state index in [1.54, 1.807) is 42.2 Å². The van der Waals surface area contributed by atoms with E-state index in [-0.39, 0.29) is 11.1 Å². The lowest BCUT2D eigenvalue weighted by atomic mass is 10.2. The van der Waals surface area contributed by atoms with Crippen LogP contribution in [0.4, 0.5) is 5.69 Å². The summed E-state index contributed by atoms with van der Waals surface area (Å²) < 4.78 is 7.37. The van der Waals surface area contributed by atoms with Crippen molar-refractivity contribution >= 4 is 34.8 Å². The zero-order chi connectivity index (χ0) is 22.5. The molecule has 0 bridgehead atoms. The van der Waals surface area contributed by atoms with Crippen LogP contribution in [0.5, 0.6) is 5.75 Å². The smallest absolute Gasteiger partial charge is 0.260 e. The molecule has 4 rings (SSSR count). The average molecular weight is 467 g/mol. The maximum absolute atomic E-state index is 13.0. The molecule has 0 radical (unpaired) electrons. The number of aryl methyl sites for hydroxylation is 1. The second-order valence-corrected chi connectivity index (χ2v) is 7.90. The lowest BCUT2D eigenvalue weighted by Crippen LogP contribution is -2.13. The Bertz CT molecular complexity index is 1240. The number of hydrogen-bond acceptors (Lipinski definition) is 4. The van der Waals surface area contributed by atoms with Gasteiger partial charge in [0.15, 0.2) is 0 Å². The number of nitrogens with one attached hydrogen (secondary N) is 1. The van der Waals surface area contributed by atoms with Crippen molar-refractivity contribution in [3.8, 4) is 5.75 Å². The number of rotatable bonds is 7. The monoisotopic (exact) mass is 466 g/mol. The first-order chi connectivity index (χ1) is 15.5. The first kappa shape index (κ1) is 21.9.